The lowest BCUT2D eigenvalue weighted by molar-refractivity contribution is -0.137. The van der Waals surface area contributed by atoms with Gasteiger partial charge in [0.15, 0.2) is 0 Å². The van der Waals surface area contributed by atoms with Gasteiger partial charge in [0, 0.05) is 22.7 Å². The van der Waals surface area contributed by atoms with Crippen LogP contribution in [0.1, 0.15) is 29.5 Å². The van der Waals surface area contributed by atoms with Crippen molar-refractivity contribution in [1.82, 2.24) is 14.7 Å². The average Bonchev–Trinajstić information content (AvgIpc) is 3.26. The lowest BCUT2D eigenvalue weighted by atomic mass is 10.0. The van der Waals surface area contributed by atoms with Crippen molar-refractivity contribution in [2.75, 3.05) is 6.54 Å². The third-order valence-corrected chi connectivity index (χ3v) is 5.58. The van der Waals surface area contributed by atoms with Gasteiger partial charge < -0.3 is 10.1 Å². The monoisotopic (exact) mass is 480 g/mol. The van der Waals surface area contributed by atoms with Gasteiger partial charge in [-0.05, 0) is 55.2 Å². The van der Waals surface area contributed by atoms with Crippen LogP contribution in [0, 0.1) is 11.3 Å². The molecule has 32 heavy (non-hydrogen) atoms. The summed E-state index contributed by atoms with van der Waals surface area (Å²) in [5, 5.41) is 19.5. The van der Waals surface area contributed by atoms with Crippen molar-refractivity contribution < 1.29 is 18.3 Å². The van der Waals surface area contributed by atoms with E-state index in [2.05, 4.69) is 27.5 Å². The van der Waals surface area contributed by atoms with E-state index in [1.165, 1.54) is 12.3 Å². The number of halogens is 4. The molecule has 0 spiro atoms. The topological polar surface area (TPSA) is 84.7 Å². The summed E-state index contributed by atoms with van der Waals surface area (Å²) in [5.74, 6) is 0.468. The van der Waals surface area contributed by atoms with Crippen LogP contribution in [0.5, 0.6) is 0 Å². The van der Waals surface area contributed by atoms with Gasteiger partial charge in [0.2, 0.25) is 0 Å². The number of rotatable bonds is 8. The maximum atomic E-state index is 13.3. The number of nitrogens with zero attached hydrogens (tertiary/aromatic N) is 2. The predicted octanol–water partition coefficient (Wildman–Crippen LogP) is 5.41. The second-order valence-corrected chi connectivity index (χ2v) is 7.93. The highest BCUT2D eigenvalue weighted by Gasteiger charge is 2.34. The third-order valence-electron chi connectivity index (χ3n) is 4.99. The van der Waals surface area contributed by atoms with Crippen LogP contribution in [-0.4, -0.2) is 27.7 Å². The highest BCUT2D eigenvalue weighted by atomic mass is 35.5. The molecule has 5 nitrogen and oxygen atoms in total. The molecular formula is C22H20ClF3N4OS. The van der Waals surface area contributed by atoms with Gasteiger partial charge in [-0.2, -0.15) is 18.4 Å². The van der Waals surface area contributed by atoms with Crippen molar-refractivity contribution in [3.05, 3.63) is 64.3 Å². The van der Waals surface area contributed by atoms with Crippen molar-refractivity contribution in [2.24, 2.45) is 0 Å². The molecule has 1 atom stereocenters. The van der Waals surface area contributed by atoms with Crippen molar-refractivity contribution in [1.29, 1.82) is 5.26 Å². The summed E-state index contributed by atoms with van der Waals surface area (Å²) < 4.78 is 42.5. The number of aromatic amines is 1. The van der Waals surface area contributed by atoms with Crippen LogP contribution in [-0.2, 0) is 12.6 Å². The summed E-state index contributed by atoms with van der Waals surface area (Å²) in [6, 6.07) is 10.4. The Labute approximate surface area is 193 Å². The maximum absolute atomic E-state index is 13.3. The van der Waals surface area contributed by atoms with E-state index in [4.69, 9.17) is 16.9 Å². The number of thiol groups is 1. The molecule has 0 amide bonds. The Bertz CT molecular complexity index is 1130. The van der Waals surface area contributed by atoms with Crippen LogP contribution in [0.2, 0.25) is 5.02 Å². The highest BCUT2D eigenvalue weighted by Crippen LogP contribution is 2.35. The molecule has 1 unspecified atom stereocenters. The fourth-order valence-corrected chi connectivity index (χ4v) is 3.61. The summed E-state index contributed by atoms with van der Waals surface area (Å²) >= 11 is 10.2. The van der Waals surface area contributed by atoms with Gasteiger partial charge in [0.05, 0.1) is 35.2 Å². The summed E-state index contributed by atoms with van der Waals surface area (Å²) in [4.78, 5) is 7.32. The Hall–Kier alpha value is -2.51. The molecule has 1 heterocycles. The van der Waals surface area contributed by atoms with Crippen LogP contribution in [0.25, 0.3) is 22.6 Å². The molecule has 0 radical (unpaired) electrons. The fraction of sp³-hybridized carbons (Fsp3) is 0.273. The summed E-state index contributed by atoms with van der Waals surface area (Å²) in [6.07, 6.45) is -2.05. The van der Waals surface area contributed by atoms with E-state index >= 15 is 0 Å². The number of aliphatic hydroxyl groups is 1. The summed E-state index contributed by atoms with van der Waals surface area (Å²) in [6.45, 7) is 0.582. The SMILES string of the molecule is N#Cc1ccc(-c2cnc(-c3ccc(Cl)c(CCC(O)CCNS)c3)[nH]2)cc1C(F)(F)F. The maximum Gasteiger partial charge on any atom is 0.417 e. The van der Waals surface area contributed by atoms with Crippen molar-refractivity contribution in [3.63, 3.8) is 0 Å². The molecule has 3 aromatic rings. The molecule has 0 aliphatic carbocycles. The van der Waals surface area contributed by atoms with Crippen LogP contribution >= 0.6 is 24.4 Å². The molecule has 0 saturated carbocycles. The van der Waals surface area contributed by atoms with Crippen molar-refractivity contribution >= 4 is 24.4 Å². The minimum absolute atomic E-state index is 0.269. The molecule has 0 fully saturated rings. The number of nitriles is 1. The highest BCUT2D eigenvalue weighted by molar-refractivity contribution is 7.78. The van der Waals surface area contributed by atoms with Gasteiger partial charge in [0.1, 0.15) is 5.82 Å². The number of hydrogen-bond acceptors (Lipinski definition) is 5. The molecule has 0 saturated heterocycles. The number of aromatic nitrogens is 2. The van der Waals surface area contributed by atoms with E-state index in [0.29, 0.717) is 47.9 Å². The van der Waals surface area contributed by atoms with E-state index < -0.39 is 23.4 Å². The zero-order chi connectivity index (χ0) is 23.3. The number of alkyl halides is 3. The van der Waals surface area contributed by atoms with Gasteiger partial charge >= 0.3 is 6.18 Å². The Morgan fingerprint density at radius 1 is 1.19 bits per heavy atom. The lowest BCUT2D eigenvalue weighted by Gasteiger charge is -2.11. The van der Waals surface area contributed by atoms with Crippen LogP contribution in [0.3, 0.4) is 0 Å². The number of hydrogen-bond donors (Lipinski definition) is 4. The first-order valence-electron chi connectivity index (χ1n) is 9.73. The zero-order valence-electron chi connectivity index (χ0n) is 16.7. The number of benzene rings is 2. The molecule has 2 aromatic carbocycles. The van der Waals surface area contributed by atoms with E-state index in [0.717, 1.165) is 17.7 Å². The minimum Gasteiger partial charge on any atom is -0.393 e. The van der Waals surface area contributed by atoms with Gasteiger partial charge in [0.25, 0.3) is 0 Å². The van der Waals surface area contributed by atoms with Gasteiger partial charge in [-0.1, -0.05) is 30.5 Å². The minimum atomic E-state index is -4.64. The Kier molecular flexibility index (Phi) is 7.85. The molecule has 1 aromatic heterocycles. The molecule has 10 heteroatoms. The molecular weight excluding hydrogens is 461 g/mol. The number of H-pyrrole nitrogens is 1. The van der Waals surface area contributed by atoms with Crippen LogP contribution in [0.15, 0.2) is 42.6 Å². The Morgan fingerprint density at radius 2 is 1.94 bits per heavy atom. The number of nitrogens with one attached hydrogen (secondary N) is 2. The van der Waals surface area contributed by atoms with Crippen molar-refractivity contribution in [2.45, 2.75) is 31.5 Å². The second kappa shape index (κ2) is 10.4. The predicted molar refractivity (Wildman–Crippen MR) is 120 cm³/mol. The van der Waals surface area contributed by atoms with E-state index in [-0.39, 0.29) is 5.56 Å². The lowest BCUT2D eigenvalue weighted by Crippen LogP contribution is -2.14. The molecule has 0 bridgehead atoms. The zero-order valence-corrected chi connectivity index (χ0v) is 18.4. The summed E-state index contributed by atoms with van der Waals surface area (Å²) in [5.41, 5.74) is 0.778. The number of aliphatic hydroxyl groups excluding tert-OH is 1. The van der Waals surface area contributed by atoms with E-state index in [9.17, 15) is 18.3 Å². The van der Waals surface area contributed by atoms with Crippen LogP contribution in [0.4, 0.5) is 13.2 Å². The van der Waals surface area contributed by atoms with Gasteiger partial charge in [-0.25, -0.2) is 4.98 Å². The fourth-order valence-electron chi connectivity index (χ4n) is 3.27. The van der Waals surface area contributed by atoms with Gasteiger partial charge in [-0.15, -0.1) is 0 Å². The van der Waals surface area contributed by atoms with Gasteiger partial charge in [-0.3, -0.25) is 4.72 Å². The molecule has 3 rings (SSSR count). The first kappa shape index (κ1) is 24.1. The van der Waals surface area contributed by atoms with Crippen LogP contribution < -0.4 is 4.72 Å². The largest absolute Gasteiger partial charge is 0.417 e. The summed E-state index contributed by atoms with van der Waals surface area (Å²) in [7, 11) is 0. The standard InChI is InChI=1S/C22H20ClF3N4OS/c23-19-6-4-15(9-13(19)3-5-17(31)7-8-29-32)21-28-12-20(30-21)14-1-2-16(11-27)18(10-14)22(24,25)26/h1-2,4,6,9-10,12,17,29,31-32H,3,5,7-8H2,(H,28,30). The Morgan fingerprint density at radius 3 is 2.62 bits per heavy atom. The van der Waals surface area contributed by atoms with E-state index in [1.807, 2.05) is 6.07 Å². The van der Waals surface area contributed by atoms with Crippen molar-refractivity contribution in [3.8, 4) is 28.7 Å². The Balaban J connectivity index is 1.84. The molecule has 168 valence electrons. The molecule has 0 aliphatic rings. The molecule has 3 N–H and O–H groups in total. The molecule has 0 aliphatic heterocycles. The second-order valence-electron chi connectivity index (χ2n) is 7.21. The quantitative estimate of drug-likeness (QED) is 0.325. The number of imidazole rings is 1. The smallest absolute Gasteiger partial charge is 0.393 e. The average molecular weight is 481 g/mol. The normalized spacial score (nSPS) is 12.5. The number of aryl methyl sites for hydroxylation is 1. The first-order valence-corrected chi connectivity index (χ1v) is 10.6. The first-order chi connectivity index (χ1) is 15.2. The van der Waals surface area contributed by atoms with E-state index in [1.54, 1.807) is 18.2 Å². The third kappa shape index (κ3) is 5.84.